The van der Waals surface area contributed by atoms with Gasteiger partial charge in [0, 0.05) is 0 Å². The predicted molar refractivity (Wildman–Crippen MR) is 53.4 cm³/mol. The fourth-order valence-electron chi connectivity index (χ4n) is 0.875. The molecule has 0 aromatic carbocycles. The summed E-state index contributed by atoms with van der Waals surface area (Å²) in [7, 11) is 0. The molecule has 0 saturated carbocycles. The molecule has 0 aliphatic carbocycles. The quantitative estimate of drug-likeness (QED) is 0.693. The first kappa shape index (κ1) is 9.53. The van der Waals surface area contributed by atoms with Crippen LogP contribution in [0.1, 0.15) is 18.3 Å². The summed E-state index contributed by atoms with van der Waals surface area (Å²) in [6.45, 7) is 5.75. The Hall–Kier alpha value is -1.56. The number of nitrogens with zero attached hydrogens (tertiary/aromatic N) is 2. The second-order valence-corrected chi connectivity index (χ2v) is 2.96. The molecule has 0 fully saturated rings. The SMILES string of the molecule is C#CC(C)Nc1cnc(C)c(C)n1. The zero-order chi connectivity index (χ0) is 9.84. The van der Waals surface area contributed by atoms with Gasteiger partial charge in [-0.15, -0.1) is 6.42 Å². The molecule has 1 aromatic rings. The van der Waals surface area contributed by atoms with Crippen LogP contribution in [0.4, 0.5) is 5.82 Å². The minimum atomic E-state index is -0.0172. The maximum atomic E-state index is 5.23. The number of rotatable bonds is 2. The first-order valence-electron chi connectivity index (χ1n) is 4.16. The average molecular weight is 175 g/mol. The lowest BCUT2D eigenvalue weighted by Gasteiger charge is -2.08. The highest BCUT2D eigenvalue weighted by Crippen LogP contribution is 2.06. The number of terminal acetylenes is 1. The summed E-state index contributed by atoms with van der Waals surface area (Å²) in [5.41, 5.74) is 1.87. The molecule has 1 unspecified atom stereocenters. The van der Waals surface area contributed by atoms with Crippen molar-refractivity contribution in [2.75, 3.05) is 5.32 Å². The van der Waals surface area contributed by atoms with Crippen LogP contribution in [0.2, 0.25) is 0 Å². The monoisotopic (exact) mass is 175 g/mol. The van der Waals surface area contributed by atoms with Gasteiger partial charge in [-0.25, -0.2) is 4.98 Å². The Bertz CT molecular complexity index is 339. The van der Waals surface area contributed by atoms with Crippen LogP contribution in [0.3, 0.4) is 0 Å². The summed E-state index contributed by atoms with van der Waals surface area (Å²) in [5, 5.41) is 3.05. The smallest absolute Gasteiger partial charge is 0.145 e. The molecule has 0 amide bonds. The Morgan fingerprint density at radius 1 is 1.46 bits per heavy atom. The van der Waals surface area contributed by atoms with E-state index in [1.165, 1.54) is 0 Å². The molecule has 3 nitrogen and oxygen atoms in total. The Labute approximate surface area is 78.6 Å². The molecular formula is C10H13N3. The molecule has 13 heavy (non-hydrogen) atoms. The van der Waals surface area contributed by atoms with Crippen molar-refractivity contribution in [1.29, 1.82) is 0 Å². The molecule has 1 aromatic heterocycles. The van der Waals surface area contributed by atoms with Gasteiger partial charge in [0.25, 0.3) is 0 Å². The van der Waals surface area contributed by atoms with Gasteiger partial charge in [-0.05, 0) is 20.8 Å². The van der Waals surface area contributed by atoms with E-state index in [0.717, 1.165) is 17.2 Å². The summed E-state index contributed by atoms with van der Waals surface area (Å²) in [4.78, 5) is 8.46. The van der Waals surface area contributed by atoms with Crippen LogP contribution in [0.5, 0.6) is 0 Å². The van der Waals surface area contributed by atoms with Crippen molar-refractivity contribution >= 4 is 5.82 Å². The van der Waals surface area contributed by atoms with Crippen LogP contribution >= 0.6 is 0 Å². The van der Waals surface area contributed by atoms with Crippen molar-refractivity contribution in [2.24, 2.45) is 0 Å². The Balaban J connectivity index is 2.81. The summed E-state index contributed by atoms with van der Waals surface area (Å²) >= 11 is 0. The molecule has 0 saturated heterocycles. The number of aryl methyl sites for hydroxylation is 2. The molecule has 1 N–H and O–H groups in total. The van der Waals surface area contributed by atoms with Crippen LogP contribution in [0.25, 0.3) is 0 Å². The van der Waals surface area contributed by atoms with Crippen molar-refractivity contribution in [3.8, 4) is 12.3 Å². The summed E-state index contributed by atoms with van der Waals surface area (Å²) in [6, 6.07) is -0.0172. The molecule has 68 valence electrons. The van der Waals surface area contributed by atoms with Crippen LogP contribution in [0.15, 0.2) is 6.20 Å². The second kappa shape index (κ2) is 3.90. The fraction of sp³-hybridized carbons (Fsp3) is 0.400. The number of hydrogen-bond donors (Lipinski definition) is 1. The lowest BCUT2D eigenvalue weighted by Crippen LogP contribution is -2.14. The minimum absolute atomic E-state index is 0.0172. The molecule has 0 spiro atoms. The summed E-state index contributed by atoms with van der Waals surface area (Å²) in [5.74, 6) is 3.30. The largest absolute Gasteiger partial charge is 0.355 e. The van der Waals surface area contributed by atoms with Gasteiger partial charge in [0.2, 0.25) is 0 Å². The third-order valence-corrected chi connectivity index (χ3v) is 1.81. The van der Waals surface area contributed by atoms with E-state index in [1.807, 2.05) is 20.8 Å². The lowest BCUT2D eigenvalue weighted by molar-refractivity contribution is 0.975. The number of anilines is 1. The van der Waals surface area contributed by atoms with Gasteiger partial charge in [0.1, 0.15) is 5.82 Å². The maximum Gasteiger partial charge on any atom is 0.145 e. The highest BCUT2D eigenvalue weighted by Gasteiger charge is 2.00. The van der Waals surface area contributed by atoms with Gasteiger partial charge in [0.15, 0.2) is 0 Å². The van der Waals surface area contributed by atoms with Gasteiger partial charge < -0.3 is 5.32 Å². The lowest BCUT2D eigenvalue weighted by atomic mass is 10.3. The van der Waals surface area contributed by atoms with E-state index < -0.39 is 0 Å². The standard InChI is InChI=1S/C10H13N3/c1-5-7(2)12-10-6-11-8(3)9(4)13-10/h1,6-7H,2-4H3,(H,12,13). The highest BCUT2D eigenvalue weighted by molar-refractivity contribution is 5.36. The van der Waals surface area contributed by atoms with Gasteiger partial charge in [-0.2, -0.15) is 0 Å². The second-order valence-electron chi connectivity index (χ2n) is 2.96. The van der Waals surface area contributed by atoms with Gasteiger partial charge >= 0.3 is 0 Å². The average Bonchev–Trinajstić information content (AvgIpc) is 2.11. The van der Waals surface area contributed by atoms with Crippen LogP contribution in [-0.4, -0.2) is 16.0 Å². The normalized spacial score (nSPS) is 11.8. The number of nitrogens with one attached hydrogen (secondary N) is 1. The van der Waals surface area contributed by atoms with Crippen molar-refractivity contribution in [1.82, 2.24) is 9.97 Å². The van der Waals surface area contributed by atoms with E-state index >= 15 is 0 Å². The predicted octanol–water partition coefficient (Wildman–Crippen LogP) is 1.53. The summed E-state index contributed by atoms with van der Waals surface area (Å²) in [6.07, 6.45) is 6.92. The van der Waals surface area contributed by atoms with E-state index in [1.54, 1.807) is 6.20 Å². The van der Waals surface area contributed by atoms with Crippen molar-refractivity contribution in [3.05, 3.63) is 17.6 Å². The number of aromatic nitrogens is 2. The molecule has 0 aliphatic heterocycles. The first-order chi connectivity index (χ1) is 6.13. The van der Waals surface area contributed by atoms with Crippen molar-refractivity contribution in [3.63, 3.8) is 0 Å². The van der Waals surface area contributed by atoms with Gasteiger partial charge in [0.05, 0.1) is 23.6 Å². The Kier molecular flexibility index (Phi) is 2.86. The van der Waals surface area contributed by atoms with E-state index in [9.17, 15) is 0 Å². The molecule has 1 rings (SSSR count). The number of hydrogen-bond acceptors (Lipinski definition) is 3. The Morgan fingerprint density at radius 3 is 2.69 bits per heavy atom. The molecule has 1 heterocycles. The zero-order valence-electron chi connectivity index (χ0n) is 8.13. The van der Waals surface area contributed by atoms with Gasteiger partial charge in [-0.1, -0.05) is 5.92 Å². The molecule has 3 heteroatoms. The van der Waals surface area contributed by atoms with Crippen LogP contribution in [0, 0.1) is 26.2 Å². The summed E-state index contributed by atoms with van der Waals surface area (Å²) < 4.78 is 0. The molecule has 0 aliphatic rings. The molecule has 0 bridgehead atoms. The topological polar surface area (TPSA) is 37.8 Å². The van der Waals surface area contributed by atoms with Crippen LogP contribution < -0.4 is 5.32 Å². The molecule has 0 radical (unpaired) electrons. The van der Waals surface area contributed by atoms with E-state index in [0.29, 0.717) is 0 Å². The maximum absolute atomic E-state index is 5.23. The van der Waals surface area contributed by atoms with Crippen molar-refractivity contribution < 1.29 is 0 Å². The van der Waals surface area contributed by atoms with E-state index in [4.69, 9.17) is 6.42 Å². The van der Waals surface area contributed by atoms with E-state index in [-0.39, 0.29) is 6.04 Å². The highest BCUT2D eigenvalue weighted by atomic mass is 15.0. The van der Waals surface area contributed by atoms with Crippen molar-refractivity contribution in [2.45, 2.75) is 26.8 Å². The van der Waals surface area contributed by atoms with Gasteiger partial charge in [-0.3, -0.25) is 4.98 Å². The third-order valence-electron chi connectivity index (χ3n) is 1.81. The zero-order valence-corrected chi connectivity index (χ0v) is 8.13. The van der Waals surface area contributed by atoms with Crippen LogP contribution in [-0.2, 0) is 0 Å². The third kappa shape index (κ3) is 2.45. The fourth-order valence-corrected chi connectivity index (χ4v) is 0.875. The molecule has 1 atom stereocenters. The van der Waals surface area contributed by atoms with E-state index in [2.05, 4.69) is 21.2 Å². The first-order valence-corrected chi connectivity index (χ1v) is 4.16. The molecular weight excluding hydrogens is 162 g/mol. The Morgan fingerprint density at radius 2 is 2.15 bits per heavy atom. The minimum Gasteiger partial charge on any atom is -0.355 e.